The average molecular weight is 637 g/mol. The van der Waals surface area contributed by atoms with E-state index in [0.717, 1.165) is 44.3 Å². The molecule has 0 radical (unpaired) electrons. The standard InChI is InChI=1S/C31H44N4O6S.ClH/c1-6-7-16-35-29(36)26(19-22(2)3)32-30(37)31(35)14-17-34(18-15-31)21-23-8-11-25(12-9-23)41-27-13-10-24(20-28(27)40-4)33-42(5,38)39;/h8-13,20,22,26,33H,6-7,14-19,21H2,1-5H3,(H,32,37);1H/t26-;/m0./s1. The number of nitrogens with zero attached hydrogens (tertiary/aromatic N) is 2. The number of halogens is 1. The fourth-order valence-corrected chi connectivity index (χ4v) is 6.36. The van der Waals surface area contributed by atoms with Crippen molar-refractivity contribution in [3.8, 4) is 17.2 Å². The molecule has 2 N–H and O–H groups in total. The second-order valence-electron chi connectivity index (χ2n) is 11.8. The molecule has 0 aliphatic carbocycles. The van der Waals surface area contributed by atoms with E-state index in [2.05, 4.69) is 35.7 Å². The lowest BCUT2D eigenvalue weighted by Gasteiger charge is -2.52. The lowest BCUT2D eigenvalue weighted by molar-refractivity contribution is -0.161. The van der Waals surface area contributed by atoms with Crippen LogP contribution in [-0.4, -0.2) is 74.6 Å². The Morgan fingerprint density at radius 2 is 1.74 bits per heavy atom. The van der Waals surface area contributed by atoms with E-state index in [1.165, 1.54) is 7.11 Å². The quantitative estimate of drug-likeness (QED) is 0.344. The molecule has 1 spiro atoms. The molecular weight excluding hydrogens is 592 g/mol. The Bertz CT molecular complexity index is 1360. The van der Waals surface area contributed by atoms with Crippen LogP contribution in [0.15, 0.2) is 42.5 Å². The Morgan fingerprint density at radius 3 is 2.33 bits per heavy atom. The number of piperidine rings is 1. The van der Waals surface area contributed by atoms with Crippen LogP contribution in [0.5, 0.6) is 17.2 Å². The number of sulfonamides is 1. The van der Waals surface area contributed by atoms with E-state index >= 15 is 0 Å². The first-order valence-electron chi connectivity index (χ1n) is 14.7. The second-order valence-corrected chi connectivity index (χ2v) is 13.5. The Labute approximate surface area is 261 Å². The molecule has 1 atom stereocenters. The number of likely N-dealkylation sites (tertiary alicyclic amines) is 1. The van der Waals surface area contributed by atoms with Crippen LogP contribution < -0.4 is 19.5 Å². The maximum atomic E-state index is 13.5. The second kappa shape index (κ2) is 14.6. The first kappa shape index (κ1) is 34.5. The number of hydrogen-bond donors (Lipinski definition) is 2. The minimum absolute atomic E-state index is 0. The Balaban J connectivity index is 0.00000506. The topological polar surface area (TPSA) is 117 Å². The van der Waals surface area contributed by atoms with Crippen molar-refractivity contribution in [3.63, 3.8) is 0 Å². The summed E-state index contributed by atoms with van der Waals surface area (Å²) >= 11 is 0. The number of carbonyl (C=O) groups is 2. The summed E-state index contributed by atoms with van der Waals surface area (Å²) in [5, 5.41) is 3.07. The third-order valence-corrected chi connectivity index (χ3v) is 8.57. The minimum Gasteiger partial charge on any atom is -0.493 e. The lowest BCUT2D eigenvalue weighted by atomic mass is 9.80. The Hall–Kier alpha value is -3.02. The van der Waals surface area contributed by atoms with E-state index in [9.17, 15) is 18.0 Å². The Kier molecular flexibility index (Phi) is 11.7. The number of piperazine rings is 1. The van der Waals surface area contributed by atoms with E-state index in [1.54, 1.807) is 18.2 Å². The van der Waals surface area contributed by atoms with Gasteiger partial charge >= 0.3 is 0 Å². The molecule has 2 saturated heterocycles. The van der Waals surface area contributed by atoms with Gasteiger partial charge in [0.25, 0.3) is 0 Å². The van der Waals surface area contributed by atoms with Gasteiger partial charge in [-0.15, -0.1) is 12.4 Å². The summed E-state index contributed by atoms with van der Waals surface area (Å²) in [4.78, 5) is 31.2. The van der Waals surface area contributed by atoms with Crippen LogP contribution in [0.1, 0.15) is 58.4 Å². The smallest absolute Gasteiger partial charge is 0.246 e. The Morgan fingerprint density at radius 1 is 1.07 bits per heavy atom. The fourth-order valence-electron chi connectivity index (χ4n) is 5.80. The molecule has 0 unspecified atom stereocenters. The van der Waals surface area contributed by atoms with Gasteiger partial charge in [0.2, 0.25) is 21.8 Å². The van der Waals surface area contributed by atoms with Crippen molar-refractivity contribution in [3.05, 3.63) is 48.0 Å². The number of anilines is 1. The molecule has 2 aliphatic heterocycles. The zero-order valence-corrected chi connectivity index (χ0v) is 27.4. The molecule has 4 rings (SSSR count). The number of nitrogens with one attached hydrogen (secondary N) is 2. The molecule has 2 fully saturated rings. The molecule has 10 nitrogen and oxygen atoms in total. The molecule has 0 bridgehead atoms. The lowest BCUT2D eigenvalue weighted by Crippen LogP contribution is -2.73. The van der Waals surface area contributed by atoms with Gasteiger partial charge in [-0.05, 0) is 61.4 Å². The average Bonchev–Trinajstić information content (AvgIpc) is 2.93. The van der Waals surface area contributed by atoms with Gasteiger partial charge in [-0.25, -0.2) is 8.42 Å². The molecule has 12 heteroatoms. The molecule has 0 aromatic heterocycles. The van der Waals surface area contributed by atoms with E-state index in [4.69, 9.17) is 9.47 Å². The predicted octanol–water partition coefficient (Wildman–Crippen LogP) is 4.79. The minimum atomic E-state index is -3.40. The van der Waals surface area contributed by atoms with Crippen LogP contribution in [0, 0.1) is 5.92 Å². The third kappa shape index (κ3) is 8.55. The molecule has 2 aromatic rings. The van der Waals surface area contributed by atoms with Crippen molar-refractivity contribution in [1.29, 1.82) is 0 Å². The molecule has 2 heterocycles. The number of ether oxygens (including phenoxy) is 2. The van der Waals surface area contributed by atoms with Crippen molar-refractivity contribution < 1.29 is 27.5 Å². The van der Waals surface area contributed by atoms with Gasteiger partial charge in [0.15, 0.2) is 11.5 Å². The van der Waals surface area contributed by atoms with E-state index in [0.29, 0.717) is 54.7 Å². The number of unbranched alkanes of at least 4 members (excludes halogenated alkanes) is 1. The number of carbonyl (C=O) groups excluding carboxylic acids is 2. The fraction of sp³-hybridized carbons (Fsp3) is 0.548. The largest absolute Gasteiger partial charge is 0.493 e. The van der Waals surface area contributed by atoms with Crippen LogP contribution in [0.25, 0.3) is 0 Å². The van der Waals surface area contributed by atoms with E-state index in [-0.39, 0.29) is 24.2 Å². The number of methoxy groups -OCH3 is 1. The molecule has 2 aliphatic rings. The van der Waals surface area contributed by atoms with E-state index < -0.39 is 21.6 Å². The van der Waals surface area contributed by atoms with Crippen molar-refractivity contribution in [2.24, 2.45) is 5.92 Å². The van der Waals surface area contributed by atoms with Crippen LogP contribution in [-0.2, 0) is 26.2 Å². The van der Waals surface area contributed by atoms with E-state index in [1.807, 2.05) is 29.2 Å². The maximum absolute atomic E-state index is 13.5. The van der Waals surface area contributed by atoms with Crippen molar-refractivity contribution in [2.45, 2.75) is 71.0 Å². The summed E-state index contributed by atoms with van der Waals surface area (Å²) < 4.78 is 36.9. The number of hydrogen-bond acceptors (Lipinski definition) is 7. The summed E-state index contributed by atoms with van der Waals surface area (Å²) in [6.45, 7) is 9.06. The van der Waals surface area contributed by atoms with Gasteiger partial charge in [0.05, 0.1) is 19.1 Å². The van der Waals surface area contributed by atoms with Gasteiger partial charge in [-0.2, -0.15) is 0 Å². The van der Waals surface area contributed by atoms with Gasteiger partial charge < -0.3 is 19.7 Å². The number of amides is 2. The van der Waals surface area contributed by atoms with Gasteiger partial charge in [0.1, 0.15) is 17.3 Å². The molecule has 43 heavy (non-hydrogen) atoms. The van der Waals surface area contributed by atoms with Crippen LogP contribution in [0.2, 0.25) is 0 Å². The summed E-state index contributed by atoms with van der Waals surface area (Å²) in [5.74, 6) is 1.89. The van der Waals surface area contributed by atoms with Crippen molar-refractivity contribution in [1.82, 2.24) is 15.1 Å². The third-order valence-electron chi connectivity index (χ3n) is 7.96. The van der Waals surface area contributed by atoms with Gasteiger partial charge in [0, 0.05) is 32.2 Å². The zero-order valence-electron chi connectivity index (χ0n) is 25.7. The highest BCUT2D eigenvalue weighted by Crippen LogP contribution is 2.36. The zero-order chi connectivity index (χ0) is 30.5. The normalized spacial score (nSPS) is 18.7. The molecule has 238 valence electrons. The van der Waals surface area contributed by atoms with Crippen molar-refractivity contribution in [2.75, 3.05) is 37.7 Å². The SMILES string of the molecule is CCCCN1C(=O)[C@H](CC(C)C)NC(=O)C12CCN(Cc1ccc(Oc3ccc(NS(C)(=O)=O)cc3OC)cc1)CC2.Cl. The number of rotatable bonds is 12. The first-order chi connectivity index (χ1) is 19.9. The highest BCUT2D eigenvalue weighted by Gasteiger charge is 2.53. The van der Waals surface area contributed by atoms with Crippen LogP contribution in [0.4, 0.5) is 5.69 Å². The molecular formula is C31H45ClN4O6S. The highest BCUT2D eigenvalue weighted by atomic mass is 35.5. The van der Waals surface area contributed by atoms with Gasteiger partial charge in [-0.1, -0.05) is 39.3 Å². The summed E-state index contributed by atoms with van der Waals surface area (Å²) in [6.07, 6.45) is 4.85. The summed E-state index contributed by atoms with van der Waals surface area (Å²) in [5.41, 5.74) is 0.737. The first-order valence-corrected chi connectivity index (χ1v) is 16.6. The molecule has 2 amide bonds. The van der Waals surface area contributed by atoms with Crippen LogP contribution in [0.3, 0.4) is 0 Å². The maximum Gasteiger partial charge on any atom is 0.246 e. The van der Waals surface area contributed by atoms with Crippen LogP contribution >= 0.6 is 12.4 Å². The predicted molar refractivity (Wildman–Crippen MR) is 170 cm³/mol. The summed E-state index contributed by atoms with van der Waals surface area (Å²) in [7, 11) is -1.91. The molecule has 2 aromatic carbocycles. The monoisotopic (exact) mass is 636 g/mol. The van der Waals surface area contributed by atoms with Crippen molar-refractivity contribution >= 4 is 39.9 Å². The molecule has 0 saturated carbocycles. The highest BCUT2D eigenvalue weighted by molar-refractivity contribution is 7.92. The summed E-state index contributed by atoms with van der Waals surface area (Å²) in [6, 6.07) is 12.2. The number of benzene rings is 2. The van der Waals surface area contributed by atoms with Gasteiger partial charge in [-0.3, -0.25) is 19.2 Å².